The maximum atomic E-state index is 14.1. The molecule has 38 heavy (non-hydrogen) atoms. The first-order chi connectivity index (χ1) is 18.4. The Labute approximate surface area is 224 Å². The van der Waals surface area contributed by atoms with Crippen LogP contribution in [0.4, 0.5) is 15.9 Å². The summed E-state index contributed by atoms with van der Waals surface area (Å²) < 4.78 is 13.8. The molecule has 3 atom stereocenters. The van der Waals surface area contributed by atoms with Crippen molar-refractivity contribution >= 4 is 23.3 Å². The maximum Gasteiger partial charge on any atom is 0.246 e. The number of nitrogens with one attached hydrogen (secondary N) is 2. The Morgan fingerprint density at radius 3 is 2.61 bits per heavy atom. The van der Waals surface area contributed by atoms with E-state index < -0.39 is 6.04 Å². The zero-order chi connectivity index (χ0) is 26.8. The first kappa shape index (κ1) is 26.5. The van der Waals surface area contributed by atoms with E-state index in [1.54, 1.807) is 13.1 Å². The third-order valence-electron chi connectivity index (χ3n) is 8.45. The highest BCUT2D eigenvalue weighted by Gasteiger charge is 2.40. The van der Waals surface area contributed by atoms with Gasteiger partial charge in [-0.25, -0.2) is 14.4 Å². The van der Waals surface area contributed by atoms with Gasteiger partial charge in [0.25, 0.3) is 0 Å². The van der Waals surface area contributed by atoms with Crippen molar-refractivity contribution in [1.82, 2.24) is 25.5 Å². The summed E-state index contributed by atoms with van der Waals surface area (Å²) in [5.74, 6) is 1.19. The Hall–Kier alpha value is -3.07. The summed E-state index contributed by atoms with van der Waals surface area (Å²) >= 11 is 0. The van der Waals surface area contributed by atoms with Crippen molar-refractivity contribution in [3.8, 4) is 0 Å². The molecule has 2 amide bonds. The van der Waals surface area contributed by atoms with Crippen LogP contribution in [0.25, 0.3) is 0 Å². The molecule has 1 aliphatic carbocycles. The number of rotatable bonds is 7. The van der Waals surface area contributed by atoms with Crippen LogP contribution in [0.3, 0.4) is 0 Å². The fraction of sp³-hybridized carbons (Fsp3) is 0.586. The number of fused-ring (bicyclic) bond motifs is 1. The molecule has 2 aromatic rings. The lowest BCUT2D eigenvalue weighted by molar-refractivity contribution is -0.139. The minimum Gasteiger partial charge on any atom is -0.343 e. The van der Waals surface area contributed by atoms with Crippen LogP contribution in [0.2, 0.25) is 0 Å². The molecule has 9 heteroatoms. The number of halogens is 1. The molecule has 1 aromatic carbocycles. The Morgan fingerprint density at radius 1 is 1.05 bits per heavy atom. The molecule has 1 aromatic heterocycles. The highest BCUT2D eigenvalue weighted by molar-refractivity contribution is 5.90. The van der Waals surface area contributed by atoms with Crippen LogP contribution in [0, 0.1) is 18.7 Å². The number of likely N-dealkylation sites (tertiary alicyclic amines) is 1. The minimum atomic E-state index is -0.526. The standard InChI is InChI=1S/C29H39FN6O2/c1-18(31-3)28(37)34-27(20-8-5-4-6-9-20)29(38)36-14-7-10-25(36)23-17-26(33-19(2)32-23)35-15-13-21-16-22(30)11-12-24(21)35/h11-12,16-18,20,25,27,31H,4-10,13-15H2,1-3H3,(H,34,37)/t18?,25?,27-/m0/s1. The Balaban J connectivity index is 1.41. The molecule has 1 saturated carbocycles. The number of aryl methyl sites for hydroxylation is 1. The molecule has 204 valence electrons. The van der Waals surface area contributed by atoms with Crippen molar-refractivity contribution in [1.29, 1.82) is 0 Å². The van der Waals surface area contributed by atoms with Crippen molar-refractivity contribution in [2.45, 2.75) is 83.3 Å². The average Bonchev–Trinajstić information content (AvgIpc) is 3.58. The molecule has 0 spiro atoms. The van der Waals surface area contributed by atoms with Crippen LogP contribution >= 0.6 is 0 Å². The van der Waals surface area contributed by atoms with E-state index in [1.165, 1.54) is 12.5 Å². The van der Waals surface area contributed by atoms with E-state index in [-0.39, 0.29) is 35.6 Å². The molecule has 2 N–H and O–H groups in total. The van der Waals surface area contributed by atoms with Gasteiger partial charge in [0, 0.05) is 24.8 Å². The number of likely N-dealkylation sites (N-methyl/N-ethyl adjacent to an activating group) is 1. The van der Waals surface area contributed by atoms with E-state index in [1.807, 2.05) is 30.9 Å². The Bertz CT molecular complexity index is 1180. The predicted molar refractivity (Wildman–Crippen MR) is 145 cm³/mol. The zero-order valence-corrected chi connectivity index (χ0v) is 22.7. The number of hydrogen-bond acceptors (Lipinski definition) is 6. The Morgan fingerprint density at radius 2 is 1.84 bits per heavy atom. The van der Waals surface area contributed by atoms with E-state index in [0.29, 0.717) is 12.4 Å². The van der Waals surface area contributed by atoms with E-state index in [0.717, 1.165) is 74.3 Å². The first-order valence-corrected chi connectivity index (χ1v) is 14.1. The lowest BCUT2D eigenvalue weighted by Gasteiger charge is -2.35. The van der Waals surface area contributed by atoms with Gasteiger partial charge in [0.1, 0.15) is 23.5 Å². The number of benzene rings is 1. The number of aromatic nitrogens is 2. The van der Waals surface area contributed by atoms with Gasteiger partial charge in [-0.1, -0.05) is 19.3 Å². The summed E-state index contributed by atoms with van der Waals surface area (Å²) in [6, 6.07) is 5.81. The van der Waals surface area contributed by atoms with Crippen LogP contribution in [0.1, 0.15) is 75.0 Å². The summed E-state index contributed by atoms with van der Waals surface area (Å²) in [6.45, 7) is 5.06. The van der Waals surface area contributed by atoms with Crippen molar-refractivity contribution in [2.75, 3.05) is 25.0 Å². The third kappa shape index (κ3) is 5.39. The van der Waals surface area contributed by atoms with Gasteiger partial charge in [0.2, 0.25) is 11.8 Å². The lowest BCUT2D eigenvalue weighted by atomic mass is 9.83. The van der Waals surface area contributed by atoms with Gasteiger partial charge < -0.3 is 20.4 Å². The van der Waals surface area contributed by atoms with Crippen LogP contribution in [0.5, 0.6) is 0 Å². The highest BCUT2D eigenvalue weighted by Crippen LogP contribution is 2.38. The molecular formula is C29H39FN6O2. The van der Waals surface area contributed by atoms with Crippen molar-refractivity contribution < 1.29 is 14.0 Å². The molecule has 3 heterocycles. The second-order valence-electron chi connectivity index (χ2n) is 11.0. The second-order valence-corrected chi connectivity index (χ2v) is 11.0. The van der Waals surface area contributed by atoms with Gasteiger partial charge >= 0.3 is 0 Å². The van der Waals surface area contributed by atoms with Crippen molar-refractivity contribution in [2.24, 2.45) is 5.92 Å². The quantitative estimate of drug-likeness (QED) is 0.572. The molecule has 3 aliphatic rings. The smallest absolute Gasteiger partial charge is 0.246 e. The molecule has 2 unspecified atom stereocenters. The van der Waals surface area contributed by atoms with E-state index in [9.17, 15) is 14.0 Å². The fourth-order valence-corrected chi connectivity index (χ4v) is 6.27. The molecule has 8 nitrogen and oxygen atoms in total. The predicted octanol–water partition coefficient (Wildman–Crippen LogP) is 3.95. The number of nitrogens with zero attached hydrogens (tertiary/aromatic N) is 4. The number of amides is 2. The molecule has 5 rings (SSSR count). The van der Waals surface area contributed by atoms with Crippen LogP contribution in [-0.2, 0) is 16.0 Å². The van der Waals surface area contributed by atoms with E-state index in [2.05, 4.69) is 15.5 Å². The van der Waals surface area contributed by atoms with Crippen LogP contribution in [-0.4, -0.2) is 58.9 Å². The van der Waals surface area contributed by atoms with Gasteiger partial charge in [-0.2, -0.15) is 0 Å². The summed E-state index contributed by atoms with van der Waals surface area (Å²) in [5, 5.41) is 6.09. The monoisotopic (exact) mass is 522 g/mol. The second kappa shape index (κ2) is 11.4. The molecule has 0 bridgehead atoms. The van der Waals surface area contributed by atoms with E-state index in [4.69, 9.17) is 9.97 Å². The highest BCUT2D eigenvalue weighted by atomic mass is 19.1. The first-order valence-electron chi connectivity index (χ1n) is 14.1. The number of carbonyl (C=O) groups is 2. The maximum absolute atomic E-state index is 14.1. The normalized spacial score (nSPS) is 21.3. The topological polar surface area (TPSA) is 90.5 Å². The largest absolute Gasteiger partial charge is 0.343 e. The van der Waals surface area contributed by atoms with Gasteiger partial charge in [0.05, 0.1) is 17.8 Å². The van der Waals surface area contributed by atoms with Gasteiger partial charge in [-0.3, -0.25) is 9.59 Å². The molecule has 2 aliphatic heterocycles. The molecule has 0 radical (unpaired) electrons. The number of hydrogen-bond donors (Lipinski definition) is 2. The fourth-order valence-electron chi connectivity index (χ4n) is 6.27. The zero-order valence-electron chi connectivity index (χ0n) is 22.7. The average molecular weight is 523 g/mol. The van der Waals surface area contributed by atoms with E-state index >= 15 is 0 Å². The van der Waals surface area contributed by atoms with Crippen molar-refractivity contribution in [3.63, 3.8) is 0 Å². The summed E-state index contributed by atoms with van der Waals surface area (Å²) in [5.41, 5.74) is 2.77. The molecule has 1 saturated heterocycles. The lowest BCUT2D eigenvalue weighted by Crippen LogP contribution is -2.55. The van der Waals surface area contributed by atoms with Crippen LogP contribution in [0.15, 0.2) is 24.3 Å². The molecular weight excluding hydrogens is 483 g/mol. The number of anilines is 2. The van der Waals surface area contributed by atoms with Crippen LogP contribution < -0.4 is 15.5 Å². The third-order valence-corrected chi connectivity index (χ3v) is 8.45. The van der Waals surface area contributed by atoms with Gasteiger partial charge in [-0.15, -0.1) is 0 Å². The van der Waals surface area contributed by atoms with Gasteiger partial charge in [0.15, 0.2) is 0 Å². The SMILES string of the molecule is CNC(C)C(=O)N[C@H](C(=O)N1CCCC1c1cc(N2CCc3cc(F)ccc32)nc(C)n1)C1CCCCC1. The minimum absolute atomic E-state index is 0.00383. The number of carbonyl (C=O) groups excluding carboxylic acids is 2. The summed E-state index contributed by atoms with van der Waals surface area (Å²) in [6.07, 6.45) is 7.73. The summed E-state index contributed by atoms with van der Waals surface area (Å²) in [4.78, 5) is 40.5. The Kier molecular flexibility index (Phi) is 7.93. The molecule has 2 fully saturated rings. The van der Waals surface area contributed by atoms with Gasteiger partial charge in [-0.05, 0) is 82.7 Å². The van der Waals surface area contributed by atoms with Crippen molar-refractivity contribution in [3.05, 3.63) is 47.2 Å². The summed E-state index contributed by atoms with van der Waals surface area (Å²) in [7, 11) is 1.75.